The molecular weight excluding hydrogens is 380 g/mol. The molecule has 1 aliphatic rings. The van der Waals surface area contributed by atoms with Crippen LogP contribution >= 0.6 is 11.6 Å². The van der Waals surface area contributed by atoms with E-state index in [1.54, 1.807) is 30.0 Å². The third-order valence-corrected chi connectivity index (χ3v) is 4.52. The first-order chi connectivity index (χ1) is 13.4. The smallest absolute Gasteiger partial charge is 0.340 e. The van der Waals surface area contributed by atoms with Gasteiger partial charge in [-0.2, -0.15) is 5.10 Å². The first-order valence-corrected chi connectivity index (χ1v) is 9.13. The van der Waals surface area contributed by atoms with Gasteiger partial charge in [-0.15, -0.1) is 0 Å². The van der Waals surface area contributed by atoms with Crippen molar-refractivity contribution >= 4 is 35.5 Å². The van der Waals surface area contributed by atoms with Crippen molar-refractivity contribution in [3.8, 4) is 11.5 Å². The molecule has 1 amide bonds. The molecule has 0 radical (unpaired) electrons. The number of H-pyrrole nitrogens is 2. The van der Waals surface area contributed by atoms with Crippen molar-refractivity contribution in [2.24, 2.45) is 0 Å². The molecular formula is C19H21ClN6O2. The summed E-state index contributed by atoms with van der Waals surface area (Å²) in [6.45, 7) is 10.4. The third kappa shape index (κ3) is 4.23. The van der Waals surface area contributed by atoms with Gasteiger partial charge in [0, 0.05) is 29.7 Å². The Morgan fingerprint density at radius 2 is 2.25 bits per heavy atom. The molecule has 9 heteroatoms. The van der Waals surface area contributed by atoms with E-state index in [1.165, 1.54) is 6.08 Å². The van der Waals surface area contributed by atoms with Crippen LogP contribution in [0.3, 0.4) is 0 Å². The molecule has 0 spiro atoms. The maximum Gasteiger partial charge on any atom is 0.340 e. The van der Waals surface area contributed by atoms with E-state index in [4.69, 9.17) is 11.6 Å². The highest BCUT2D eigenvalue weighted by molar-refractivity contribution is 6.31. The summed E-state index contributed by atoms with van der Waals surface area (Å²) in [5.74, 6) is 0.807. The number of anilines is 1. The highest BCUT2D eigenvalue weighted by Gasteiger charge is 2.26. The number of aromatic nitrogens is 4. The predicted octanol–water partition coefficient (Wildman–Crippen LogP) is 2.60. The molecule has 2 aromatic rings. The Morgan fingerprint density at radius 1 is 1.46 bits per heavy atom. The molecule has 28 heavy (non-hydrogen) atoms. The normalized spacial score (nSPS) is 16.9. The Labute approximate surface area is 167 Å². The van der Waals surface area contributed by atoms with E-state index in [9.17, 15) is 9.59 Å². The number of carbonyl (C=O) groups excluding carboxylic acids is 1. The fourth-order valence-electron chi connectivity index (χ4n) is 3.12. The van der Waals surface area contributed by atoms with Crippen molar-refractivity contribution in [3.05, 3.63) is 51.9 Å². The van der Waals surface area contributed by atoms with E-state index in [1.807, 2.05) is 0 Å². The highest BCUT2D eigenvalue weighted by Crippen LogP contribution is 2.29. The molecule has 3 N–H and O–H groups in total. The average molecular weight is 401 g/mol. The number of aromatic amines is 2. The number of pyridine rings is 1. The summed E-state index contributed by atoms with van der Waals surface area (Å²) in [5.41, 5.74) is 1.63. The summed E-state index contributed by atoms with van der Waals surface area (Å²) >= 11 is 6.12. The van der Waals surface area contributed by atoms with Crippen LogP contribution in [0.15, 0.2) is 35.1 Å². The zero-order valence-electron chi connectivity index (χ0n) is 15.5. The van der Waals surface area contributed by atoms with E-state index in [2.05, 4.69) is 38.6 Å². The molecule has 3 heterocycles. The number of carbonyl (C=O) groups is 1. The van der Waals surface area contributed by atoms with E-state index in [0.29, 0.717) is 35.5 Å². The molecule has 146 valence electrons. The lowest BCUT2D eigenvalue weighted by Crippen LogP contribution is -2.30. The Bertz CT molecular complexity index is 1000. The first kappa shape index (κ1) is 19.6. The lowest BCUT2D eigenvalue weighted by atomic mass is 10.1. The standard InChI is InChI=1S/C19H21ClN6O2/c1-4-12-9-15(18-23-19(28)25-24-18)22-17(14(12)8-11(3)20)21-13-6-7-26(10-13)16(27)5-2/h4-5,8-9,13H,1-2,6-7,10H2,3H3,(H,21,22)(H2,23,24,25,28)/b11-8+/t13-/m0/s1. The lowest BCUT2D eigenvalue weighted by Gasteiger charge is -2.19. The van der Waals surface area contributed by atoms with Gasteiger partial charge >= 0.3 is 5.69 Å². The van der Waals surface area contributed by atoms with Gasteiger partial charge in [0.2, 0.25) is 5.91 Å². The summed E-state index contributed by atoms with van der Waals surface area (Å²) in [7, 11) is 0. The van der Waals surface area contributed by atoms with Gasteiger partial charge in [-0.3, -0.25) is 9.78 Å². The number of hydrogen-bond donors (Lipinski definition) is 3. The number of nitrogens with zero attached hydrogens (tertiary/aromatic N) is 3. The van der Waals surface area contributed by atoms with Crippen LogP contribution in [0.2, 0.25) is 0 Å². The van der Waals surface area contributed by atoms with Crippen LogP contribution in [0.4, 0.5) is 5.82 Å². The molecule has 0 saturated carbocycles. The Morgan fingerprint density at radius 3 is 2.86 bits per heavy atom. The van der Waals surface area contributed by atoms with Crippen LogP contribution in [-0.2, 0) is 4.79 Å². The summed E-state index contributed by atoms with van der Waals surface area (Å²) in [4.78, 5) is 32.2. The Hall–Kier alpha value is -3.13. The number of halogens is 1. The van der Waals surface area contributed by atoms with Gasteiger partial charge in [-0.05, 0) is 37.1 Å². The van der Waals surface area contributed by atoms with E-state index < -0.39 is 5.69 Å². The summed E-state index contributed by atoms with van der Waals surface area (Å²) < 4.78 is 0. The van der Waals surface area contributed by atoms with Gasteiger partial charge in [0.1, 0.15) is 11.5 Å². The minimum Gasteiger partial charge on any atom is -0.365 e. The van der Waals surface area contributed by atoms with Crippen LogP contribution in [0.25, 0.3) is 23.7 Å². The van der Waals surface area contributed by atoms with E-state index in [-0.39, 0.29) is 11.9 Å². The SMILES string of the molecule is C=CC(=O)N1CC[C@H](Nc2nc(-c3n[nH]c(=O)[nH]3)cc(C=C)c2/C=C(\C)Cl)C1. The minimum atomic E-state index is -0.415. The maximum atomic E-state index is 11.8. The fourth-order valence-corrected chi connectivity index (χ4v) is 3.23. The molecule has 1 fully saturated rings. The zero-order chi connectivity index (χ0) is 20.3. The molecule has 1 atom stereocenters. The molecule has 0 aliphatic carbocycles. The molecule has 8 nitrogen and oxygen atoms in total. The molecule has 1 saturated heterocycles. The van der Waals surface area contributed by atoms with Crippen molar-refractivity contribution in [1.29, 1.82) is 0 Å². The first-order valence-electron chi connectivity index (χ1n) is 8.75. The second kappa shape index (κ2) is 8.26. The maximum absolute atomic E-state index is 11.8. The van der Waals surface area contributed by atoms with E-state index in [0.717, 1.165) is 17.5 Å². The number of allylic oxidation sites excluding steroid dienone is 1. The van der Waals surface area contributed by atoms with Crippen molar-refractivity contribution in [1.82, 2.24) is 25.1 Å². The van der Waals surface area contributed by atoms with Crippen LogP contribution in [-0.4, -0.2) is 50.1 Å². The highest BCUT2D eigenvalue weighted by atomic mass is 35.5. The molecule has 0 aromatic carbocycles. The second-order valence-electron chi connectivity index (χ2n) is 6.44. The molecule has 2 aromatic heterocycles. The van der Waals surface area contributed by atoms with Gasteiger partial charge < -0.3 is 10.2 Å². The summed E-state index contributed by atoms with van der Waals surface area (Å²) in [6.07, 6.45) is 5.58. The van der Waals surface area contributed by atoms with Gasteiger partial charge in [-0.1, -0.05) is 30.8 Å². The Balaban J connectivity index is 2.00. The van der Waals surface area contributed by atoms with Crippen LogP contribution in [0.5, 0.6) is 0 Å². The monoisotopic (exact) mass is 400 g/mol. The quantitative estimate of drug-likeness (QED) is 0.646. The van der Waals surface area contributed by atoms with Crippen molar-refractivity contribution in [2.75, 3.05) is 18.4 Å². The number of rotatable bonds is 6. The van der Waals surface area contributed by atoms with Crippen molar-refractivity contribution in [2.45, 2.75) is 19.4 Å². The van der Waals surface area contributed by atoms with Gasteiger partial charge in [0.25, 0.3) is 0 Å². The van der Waals surface area contributed by atoms with Gasteiger partial charge in [-0.25, -0.2) is 14.9 Å². The van der Waals surface area contributed by atoms with Crippen LogP contribution < -0.4 is 11.0 Å². The fraction of sp³-hybridized carbons (Fsp3) is 0.263. The average Bonchev–Trinajstić information content (AvgIpc) is 3.31. The predicted molar refractivity (Wildman–Crippen MR) is 111 cm³/mol. The molecule has 3 rings (SSSR count). The minimum absolute atomic E-state index is 0.0188. The third-order valence-electron chi connectivity index (χ3n) is 4.41. The Kier molecular flexibility index (Phi) is 5.79. The largest absolute Gasteiger partial charge is 0.365 e. The van der Waals surface area contributed by atoms with E-state index >= 15 is 0 Å². The number of likely N-dealkylation sites (tertiary alicyclic amines) is 1. The number of hydrogen-bond acceptors (Lipinski definition) is 5. The topological polar surface area (TPSA) is 107 Å². The van der Waals surface area contributed by atoms with Crippen LogP contribution in [0, 0.1) is 0 Å². The summed E-state index contributed by atoms with van der Waals surface area (Å²) in [5, 5.41) is 10.3. The van der Waals surface area contributed by atoms with Gasteiger partial charge in [0.05, 0.1) is 0 Å². The molecule has 0 bridgehead atoms. The lowest BCUT2D eigenvalue weighted by molar-refractivity contribution is -0.125. The molecule has 1 aliphatic heterocycles. The number of amides is 1. The molecule has 0 unspecified atom stereocenters. The van der Waals surface area contributed by atoms with Crippen LogP contribution in [0.1, 0.15) is 24.5 Å². The van der Waals surface area contributed by atoms with Gasteiger partial charge in [0.15, 0.2) is 5.82 Å². The number of nitrogens with one attached hydrogen (secondary N) is 3. The van der Waals surface area contributed by atoms with Crippen molar-refractivity contribution < 1.29 is 4.79 Å². The summed E-state index contributed by atoms with van der Waals surface area (Å²) in [6, 6.07) is 1.79. The zero-order valence-corrected chi connectivity index (χ0v) is 16.2. The van der Waals surface area contributed by atoms with Crippen molar-refractivity contribution in [3.63, 3.8) is 0 Å². The second-order valence-corrected chi connectivity index (χ2v) is 7.04.